The van der Waals surface area contributed by atoms with Crippen molar-refractivity contribution in [3.8, 4) is 0 Å². The summed E-state index contributed by atoms with van der Waals surface area (Å²) < 4.78 is 0. The van der Waals surface area contributed by atoms with Gasteiger partial charge >= 0.3 is 0 Å². The van der Waals surface area contributed by atoms with Gasteiger partial charge in [0.25, 0.3) is 5.91 Å². The number of aliphatic imine (C=N–C) groups is 1. The van der Waals surface area contributed by atoms with Gasteiger partial charge in [0.15, 0.2) is 0 Å². The monoisotopic (exact) mass is 416 g/mol. The maximum Gasteiger partial charge on any atom is 0.251 e. The molecule has 1 saturated carbocycles. The molecule has 31 heavy (non-hydrogen) atoms. The van der Waals surface area contributed by atoms with E-state index >= 15 is 0 Å². The number of hydrogen-bond donors (Lipinski definition) is 2. The van der Waals surface area contributed by atoms with E-state index in [0.717, 1.165) is 43.1 Å². The predicted molar refractivity (Wildman–Crippen MR) is 123 cm³/mol. The summed E-state index contributed by atoms with van der Waals surface area (Å²) in [6.07, 6.45) is 7.76. The quantitative estimate of drug-likeness (QED) is 0.567. The zero-order valence-corrected chi connectivity index (χ0v) is 17.7. The third-order valence-corrected chi connectivity index (χ3v) is 5.89. The maximum absolute atomic E-state index is 12.9. The van der Waals surface area contributed by atoms with Crippen LogP contribution < -0.4 is 5.32 Å². The number of aliphatic hydroxyl groups excluding tert-OH is 1. The second-order valence-corrected chi connectivity index (χ2v) is 8.14. The largest absolute Gasteiger partial charge is 0.393 e. The molecule has 1 unspecified atom stereocenters. The predicted octanol–water partition coefficient (Wildman–Crippen LogP) is 4.76. The number of benzene rings is 2. The van der Waals surface area contributed by atoms with Crippen molar-refractivity contribution in [2.75, 3.05) is 0 Å². The van der Waals surface area contributed by atoms with Crippen LogP contribution in [0.2, 0.25) is 0 Å². The minimum Gasteiger partial charge on any atom is -0.393 e. The molecule has 1 aliphatic rings. The Balaban J connectivity index is 1.49. The van der Waals surface area contributed by atoms with Gasteiger partial charge < -0.3 is 10.4 Å². The van der Waals surface area contributed by atoms with Crippen LogP contribution in [0.4, 0.5) is 5.95 Å². The molecule has 0 aliphatic heterocycles. The van der Waals surface area contributed by atoms with Gasteiger partial charge in [-0.15, -0.1) is 0 Å². The fourth-order valence-corrected chi connectivity index (χ4v) is 3.99. The molecule has 3 aromatic rings. The van der Waals surface area contributed by atoms with E-state index in [1.165, 1.54) is 0 Å². The minimum absolute atomic E-state index is 0.0380. The van der Waals surface area contributed by atoms with Gasteiger partial charge in [-0.3, -0.25) is 4.79 Å². The van der Waals surface area contributed by atoms with E-state index in [0.29, 0.717) is 22.9 Å². The first-order chi connectivity index (χ1) is 15.1. The van der Waals surface area contributed by atoms with Crippen LogP contribution in [-0.4, -0.2) is 33.3 Å². The summed E-state index contributed by atoms with van der Waals surface area (Å²) in [7, 11) is 0. The third-order valence-electron chi connectivity index (χ3n) is 5.89. The van der Waals surface area contributed by atoms with E-state index < -0.39 is 0 Å². The number of aromatic nitrogens is 2. The summed E-state index contributed by atoms with van der Waals surface area (Å²) in [4.78, 5) is 26.2. The molecule has 0 spiro atoms. The summed E-state index contributed by atoms with van der Waals surface area (Å²) in [5.41, 5.74) is 2.35. The van der Waals surface area contributed by atoms with Gasteiger partial charge in [0.05, 0.1) is 17.7 Å². The van der Waals surface area contributed by atoms with Gasteiger partial charge in [0.2, 0.25) is 5.95 Å². The molecule has 1 aliphatic carbocycles. The van der Waals surface area contributed by atoms with Crippen LogP contribution in [0.1, 0.15) is 61.0 Å². The summed E-state index contributed by atoms with van der Waals surface area (Å²) in [6.45, 7) is 2.06. The summed E-state index contributed by atoms with van der Waals surface area (Å²) in [5.74, 6) is 0.623. The Labute approximate surface area is 182 Å². The van der Waals surface area contributed by atoms with Gasteiger partial charge in [0, 0.05) is 23.4 Å². The normalized spacial score (nSPS) is 20.1. The van der Waals surface area contributed by atoms with E-state index in [4.69, 9.17) is 0 Å². The first kappa shape index (κ1) is 21.1. The molecule has 2 aromatic carbocycles. The van der Waals surface area contributed by atoms with Gasteiger partial charge in [-0.25, -0.2) is 15.0 Å². The highest BCUT2D eigenvalue weighted by Gasteiger charge is 2.18. The van der Waals surface area contributed by atoms with Crippen LogP contribution >= 0.6 is 0 Å². The molecular weight excluding hydrogens is 388 g/mol. The van der Waals surface area contributed by atoms with E-state index in [1.54, 1.807) is 18.3 Å². The van der Waals surface area contributed by atoms with Crippen LogP contribution in [0.15, 0.2) is 59.7 Å². The number of carbonyl (C=O) groups is 1. The van der Waals surface area contributed by atoms with E-state index in [9.17, 15) is 9.90 Å². The van der Waals surface area contributed by atoms with Crippen LogP contribution in [0.5, 0.6) is 0 Å². The standard InChI is InChI=1S/C25H28N4O2/c1-2-22(18-6-4-3-5-7-18)28-24(31)19-10-11-20-16-27-25(29-23(20)14-19)26-15-17-8-12-21(30)13-9-17/h3-7,10-11,14-17,21-22,30H,2,8-9,12-13H2,1H3,(H,28,31)/b26-15+. The fraction of sp³-hybridized carbons (Fsp3) is 0.360. The van der Waals surface area contributed by atoms with Crippen LogP contribution in [0, 0.1) is 5.92 Å². The number of carbonyl (C=O) groups excluding carboxylic acids is 1. The average molecular weight is 417 g/mol. The Kier molecular flexibility index (Phi) is 6.67. The number of hydrogen-bond acceptors (Lipinski definition) is 5. The molecule has 1 amide bonds. The van der Waals surface area contributed by atoms with E-state index in [1.807, 2.05) is 42.6 Å². The van der Waals surface area contributed by atoms with Crippen LogP contribution in [-0.2, 0) is 0 Å². The SMILES string of the molecule is CCC(NC(=O)c1ccc2cnc(/N=C/C3CCC(O)CC3)nc2c1)c1ccccc1. The van der Waals surface area contributed by atoms with Crippen LogP contribution in [0.3, 0.4) is 0 Å². The van der Waals surface area contributed by atoms with Crippen molar-refractivity contribution >= 4 is 29.0 Å². The number of rotatable bonds is 6. The topological polar surface area (TPSA) is 87.5 Å². The second-order valence-electron chi connectivity index (χ2n) is 8.14. The van der Waals surface area contributed by atoms with E-state index in [2.05, 4.69) is 27.2 Å². The fourth-order valence-electron chi connectivity index (χ4n) is 3.99. The first-order valence-electron chi connectivity index (χ1n) is 11.0. The van der Waals surface area contributed by atoms with Gasteiger partial charge in [-0.05, 0) is 55.7 Å². The number of nitrogens with zero attached hydrogens (tertiary/aromatic N) is 3. The lowest BCUT2D eigenvalue weighted by molar-refractivity contribution is 0.0935. The van der Waals surface area contributed by atoms with Crippen molar-refractivity contribution < 1.29 is 9.90 Å². The average Bonchev–Trinajstić information content (AvgIpc) is 2.82. The molecule has 1 aromatic heterocycles. The van der Waals surface area contributed by atoms with Crippen molar-refractivity contribution in [1.82, 2.24) is 15.3 Å². The Hall–Kier alpha value is -3.12. The number of aliphatic hydroxyl groups is 1. The highest BCUT2D eigenvalue weighted by Crippen LogP contribution is 2.24. The van der Waals surface area contributed by atoms with Crippen molar-refractivity contribution in [3.05, 3.63) is 65.9 Å². The first-order valence-corrected chi connectivity index (χ1v) is 11.0. The van der Waals surface area contributed by atoms with Crippen LogP contribution in [0.25, 0.3) is 10.9 Å². The zero-order valence-electron chi connectivity index (χ0n) is 17.7. The highest BCUT2D eigenvalue weighted by atomic mass is 16.3. The molecular formula is C25H28N4O2. The molecule has 0 saturated heterocycles. The molecule has 4 rings (SSSR count). The lowest BCUT2D eigenvalue weighted by atomic mass is 9.88. The maximum atomic E-state index is 12.9. The Morgan fingerprint density at radius 2 is 1.97 bits per heavy atom. The van der Waals surface area contributed by atoms with Gasteiger partial charge in [0.1, 0.15) is 0 Å². The van der Waals surface area contributed by atoms with Crippen molar-refractivity contribution in [1.29, 1.82) is 0 Å². The van der Waals surface area contributed by atoms with Crippen molar-refractivity contribution in [2.24, 2.45) is 10.9 Å². The number of nitrogens with one attached hydrogen (secondary N) is 1. The minimum atomic E-state index is -0.180. The number of amides is 1. The molecule has 1 atom stereocenters. The van der Waals surface area contributed by atoms with Gasteiger partial charge in [-0.1, -0.05) is 43.3 Å². The molecule has 6 nitrogen and oxygen atoms in total. The lowest BCUT2D eigenvalue weighted by Gasteiger charge is -2.21. The molecule has 160 valence electrons. The Morgan fingerprint density at radius 1 is 1.19 bits per heavy atom. The summed E-state index contributed by atoms with van der Waals surface area (Å²) >= 11 is 0. The Morgan fingerprint density at radius 3 is 2.71 bits per heavy atom. The van der Waals surface area contributed by atoms with Crippen molar-refractivity contribution in [2.45, 2.75) is 51.2 Å². The molecule has 2 N–H and O–H groups in total. The summed E-state index contributed by atoms with van der Waals surface area (Å²) in [6, 6.07) is 15.4. The number of fused-ring (bicyclic) bond motifs is 1. The van der Waals surface area contributed by atoms with Crippen molar-refractivity contribution in [3.63, 3.8) is 0 Å². The molecule has 0 radical (unpaired) electrons. The molecule has 1 fully saturated rings. The summed E-state index contributed by atoms with van der Waals surface area (Å²) in [5, 5.41) is 13.6. The Bertz CT molecular complexity index is 1060. The zero-order chi connectivity index (χ0) is 21.6. The molecule has 1 heterocycles. The molecule has 6 heteroatoms. The lowest BCUT2D eigenvalue weighted by Crippen LogP contribution is -2.28. The third kappa shape index (κ3) is 5.33. The second kappa shape index (κ2) is 9.79. The van der Waals surface area contributed by atoms with Gasteiger partial charge in [-0.2, -0.15) is 0 Å². The van der Waals surface area contributed by atoms with E-state index in [-0.39, 0.29) is 18.1 Å². The highest BCUT2D eigenvalue weighted by molar-refractivity contribution is 5.98. The smallest absolute Gasteiger partial charge is 0.251 e. The molecule has 0 bridgehead atoms.